The molecule has 0 bridgehead atoms. The predicted octanol–water partition coefficient (Wildman–Crippen LogP) is 3.58. The van der Waals surface area contributed by atoms with Crippen LogP contribution in [0.4, 0.5) is 23.1 Å². The average molecular weight is 506 g/mol. The Morgan fingerprint density at radius 3 is 2.69 bits per heavy atom. The quantitative estimate of drug-likeness (QED) is 0.270. The summed E-state index contributed by atoms with van der Waals surface area (Å²) in [5.41, 5.74) is 3.87. The summed E-state index contributed by atoms with van der Waals surface area (Å²) in [6.45, 7) is 2.55. The van der Waals surface area contributed by atoms with Crippen molar-refractivity contribution in [3.8, 4) is 0 Å². The van der Waals surface area contributed by atoms with E-state index in [9.17, 15) is 14.7 Å². The highest BCUT2D eigenvalue weighted by Crippen LogP contribution is 2.30. The topological polar surface area (TPSA) is 135 Å². The number of fused-ring (bicyclic) bond motifs is 1. The zero-order valence-electron chi connectivity index (χ0n) is 19.6. The summed E-state index contributed by atoms with van der Waals surface area (Å²) in [6.07, 6.45) is 1.02. The molecule has 184 valence electrons. The van der Waals surface area contributed by atoms with Crippen molar-refractivity contribution in [1.82, 2.24) is 25.2 Å². The molecule has 2 amide bonds. The van der Waals surface area contributed by atoms with E-state index in [1.165, 1.54) is 6.20 Å². The van der Waals surface area contributed by atoms with E-state index in [0.717, 1.165) is 16.6 Å². The molecule has 1 aliphatic rings. The maximum absolute atomic E-state index is 12.9. The number of aliphatic hydroxyl groups is 1. The summed E-state index contributed by atoms with van der Waals surface area (Å²) in [7, 11) is 1.57. The lowest BCUT2D eigenvalue weighted by molar-refractivity contribution is 0.00597. The van der Waals surface area contributed by atoms with E-state index in [4.69, 9.17) is 11.6 Å². The highest BCUT2D eigenvalue weighted by atomic mass is 35.5. The van der Waals surface area contributed by atoms with Gasteiger partial charge in [0.25, 0.3) is 11.8 Å². The van der Waals surface area contributed by atoms with E-state index in [1.54, 1.807) is 36.2 Å². The smallest absolute Gasteiger partial charge is 0.256 e. The number of hydrogen-bond acceptors (Lipinski definition) is 7. The first kappa shape index (κ1) is 23.6. The van der Waals surface area contributed by atoms with Gasteiger partial charge >= 0.3 is 0 Å². The van der Waals surface area contributed by atoms with E-state index in [1.807, 2.05) is 25.1 Å². The second-order valence-corrected chi connectivity index (χ2v) is 8.92. The van der Waals surface area contributed by atoms with E-state index in [2.05, 4.69) is 30.9 Å². The highest BCUT2D eigenvalue weighted by molar-refractivity contribution is 6.33. The van der Waals surface area contributed by atoms with Crippen LogP contribution in [0.5, 0.6) is 0 Å². The fourth-order valence-corrected chi connectivity index (χ4v) is 4.30. The Hall–Kier alpha value is -4.15. The van der Waals surface area contributed by atoms with Gasteiger partial charge in [0.15, 0.2) is 5.82 Å². The molecule has 0 atom stereocenters. The molecule has 3 heterocycles. The number of carbonyl (C=O) groups is 2. The first-order valence-electron chi connectivity index (χ1n) is 11.3. The first-order valence-corrected chi connectivity index (χ1v) is 11.7. The number of anilines is 4. The Morgan fingerprint density at radius 2 is 1.94 bits per heavy atom. The Labute approximate surface area is 211 Å². The van der Waals surface area contributed by atoms with Gasteiger partial charge in [-0.3, -0.25) is 9.59 Å². The van der Waals surface area contributed by atoms with Crippen LogP contribution >= 0.6 is 11.6 Å². The number of H-pyrrole nitrogens is 1. The third kappa shape index (κ3) is 4.43. The number of likely N-dealkylation sites (tertiary alicyclic amines) is 1. The fourth-order valence-electron chi connectivity index (χ4n) is 4.16. The van der Waals surface area contributed by atoms with Crippen molar-refractivity contribution < 1.29 is 14.7 Å². The lowest BCUT2D eigenvalue weighted by Gasteiger charge is -2.35. The minimum absolute atomic E-state index is 0.0986. The molecule has 4 aromatic rings. The number of rotatable bonds is 6. The second-order valence-electron chi connectivity index (χ2n) is 8.51. The number of halogens is 1. The minimum Gasteiger partial charge on any atom is -0.389 e. The van der Waals surface area contributed by atoms with Crippen molar-refractivity contribution >= 4 is 57.5 Å². The largest absolute Gasteiger partial charge is 0.389 e. The van der Waals surface area contributed by atoms with Crippen LogP contribution in [0.3, 0.4) is 0 Å². The SMILES string of the molecule is CNC(=O)c1ccccc1Nc1nc(Nc2ccc3c(C(=O)N4CC(O)C4)c(C)[nH]c3c2)ncc1Cl. The molecule has 5 N–H and O–H groups in total. The zero-order valence-corrected chi connectivity index (χ0v) is 20.3. The Balaban J connectivity index is 1.39. The van der Waals surface area contributed by atoms with Gasteiger partial charge in [-0.15, -0.1) is 0 Å². The molecule has 0 aliphatic carbocycles. The number of para-hydroxylation sites is 1. The van der Waals surface area contributed by atoms with Gasteiger partial charge in [-0.25, -0.2) is 4.98 Å². The molecule has 1 fully saturated rings. The average Bonchev–Trinajstić information content (AvgIpc) is 3.18. The van der Waals surface area contributed by atoms with Gasteiger partial charge < -0.3 is 30.9 Å². The molecule has 0 spiro atoms. The van der Waals surface area contributed by atoms with Crippen molar-refractivity contribution in [3.63, 3.8) is 0 Å². The van der Waals surface area contributed by atoms with Gasteiger partial charge in [-0.1, -0.05) is 23.7 Å². The van der Waals surface area contributed by atoms with Crippen molar-refractivity contribution in [1.29, 1.82) is 0 Å². The van der Waals surface area contributed by atoms with Crippen LogP contribution in [0, 0.1) is 6.92 Å². The minimum atomic E-state index is -0.452. The van der Waals surface area contributed by atoms with Gasteiger partial charge in [0.2, 0.25) is 5.95 Å². The Bertz CT molecular complexity index is 1480. The van der Waals surface area contributed by atoms with E-state index in [-0.39, 0.29) is 11.8 Å². The Kier molecular flexibility index (Phi) is 6.21. The lowest BCUT2D eigenvalue weighted by atomic mass is 10.1. The summed E-state index contributed by atoms with van der Waals surface area (Å²) in [5, 5.41) is 19.5. The van der Waals surface area contributed by atoms with Crippen LogP contribution in [-0.2, 0) is 0 Å². The summed E-state index contributed by atoms with van der Waals surface area (Å²) in [6, 6.07) is 12.6. The molecule has 1 aliphatic heterocycles. The maximum Gasteiger partial charge on any atom is 0.256 e. The summed E-state index contributed by atoms with van der Waals surface area (Å²) in [5.74, 6) is 0.303. The first-order chi connectivity index (χ1) is 17.3. The van der Waals surface area contributed by atoms with Crippen LogP contribution in [0.2, 0.25) is 5.02 Å². The number of benzene rings is 2. The Morgan fingerprint density at radius 1 is 1.17 bits per heavy atom. The summed E-state index contributed by atoms with van der Waals surface area (Å²) < 4.78 is 0. The van der Waals surface area contributed by atoms with Crippen LogP contribution < -0.4 is 16.0 Å². The second kappa shape index (κ2) is 9.48. The number of nitrogens with zero attached hydrogens (tertiary/aromatic N) is 3. The fraction of sp³-hybridized carbons (Fsp3) is 0.200. The predicted molar refractivity (Wildman–Crippen MR) is 138 cm³/mol. The van der Waals surface area contributed by atoms with Crippen LogP contribution in [-0.4, -0.2) is 63.0 Å². The molecule has 11 heteroatoms. The van der Waals surface area contributed by atoms with E-state index < -0.39 is 6.10 Å². The van der Waals surface area contributed by atoms with Gasteiger partial charge in [0.05, 0.1) is 29.1 Å². The number of carbonyl (C=O) groups excluding carboxylic acids is 2. The third-order valence-corrected chi connectivity index (χ3v) is 6.28. The summed E-state index contributed by atoms with van der Waals surface area (Å²) in [4.78, 5) is 38.7. The lowest BCUT2D eigenvalue weighted by Crippen LogP contribution is -2.53. The summed E-state index contributed by atoms with van der Waals surface area (Å²) >= 11 is 6.32. The molecule has 0 radical (unpaired) electrons. The van der Waals surface area contributed by atoms with E-state index >= 15 is 0 Å². The molecule has 0 saturated carbocycles. The number of β-amino-alcohol motifs (C(OH)–C–C–N with tert-alkyl or cyclic N) is 1. The number of aromatic amines is 1. The molecular formula is C25H24ClN7O3. The van der Waals surface area contributed by atoms with E-state index in [0.29, 0.717) is 52.4 Å². The van der Waals surface area contributed by atoms with Crippen molar-refractivity contribution in [2.75, 3.05) is 30.8 Å². The number of amides is 2. The third-order valence-electron chi connectivity index (χ3n) is 6.00. The molecule has 36 heavy (non-hydrogen) atoms. The standard InChI is InChI=1S/C25H24ClN7O3/c1-13-21(24(36)33-11-15(34)12-33)16-8-7-14(9-20(16)29-13)30-25-28-10-18(26)22(32-25)31-19-6-4-3-5-17(19)23(35)27-2/h3-10,15,29,34H,11-12H2,1-2H3,(H,27,35)(H2,28,30,31,32). The molecule has 10 nitrogen and oxygen atoms in total. The van der Waals surface area contributed by atoms with Gasteiger partial charge in [0.1, 0.15) is 5.02 Å². The molecule has 2 aromatic heterocycles. The number of aliphatic hydroxyl groups excluding tert-OH is 1. The molecule has 1 saturated heterocycles. The van der Waals surface area contributed by atoms with Crippen molar-refractivity contribution in [2.45, 2.75) is 13.0 Å². The van der Waals surface area contributed by atoms with Gasteiger partial charge in [-0.05, 0) is 37.3 Å². The van der Waals surface area contributed by atoms with Crippen LogP contribution in [0.15, 0.2) is 48.7 Å². The molecule has 2 aromatic carbocycles. The monoisotopic (exact) mass is 505 g/mol. The normalized spacial score (nSPS) is 13.4. The maximum atomic E-state index is 12.9. The van der Waals surface area contributed by atoms with Crippen LogP contribution in [0.1, 0.15) is 26.4 Å². The molecular weight excluding hydrogens is 482 g/mol. The highest BCUT2D eigenvalue weighted by Gasteiger charge is 2.31. The number of hydrogen-bond donors (Lipinski definition) is 5. The van der Waals surface area contributed by atoms with Crippen molar-refractivity contribution in [3.05, 3.63) is 70.5 Å². The number of nitrogens with one attached hydrogen (secondary N) is 4. The zero-order chi connectivity index (χ0) is 25.4. The van der Waals surface area contributed by atoms with Gasteiger partial charge in [0, 0.05) is 42.4 Å². The molecule has 0 unspecified atom stereocenters. The van der Waals surface area contributed by atoms with Crippen molar-refractivity contribution in [2.24, 2.45) is 0 Å². The van der Waals surface area contributed by atoms with Gasteiger partial charge in [-0.2, -0.15) is 4.98 Å². The number of aromatic nitrogens is 3. The number of aryl methyl sites for hydroxylation is 1. The van der Waals surface area contributed by atoms with Crippen LogP contribution in [0.25, 0.3) is 10.9 Å². The molecule has 5 rings (SSSR count).